The number of H-pyrrole nitrogens is 2. The molecule has 1 saturated heterocycles. The zero-order valence-corrected chi connectivity index (χ0v) is 17.6. The third kappa shape index (κ3) is 3.51. The van der Waals surface area contributed by atoms with Crippen molar-refractivity contribution in [2.24, 2.45) is 0 Å². The molecule has 0 bridgehead atoms. The molecule has 0 aliphatic carbocycles. The van der Waals surface area contributed by atoms with E-state index < -0.39 is 0 Å². The number of hydrogen-bond donors (Lipinski definition) is 3. The Hall–Kier alpha value is -3.68. The van der Waals surface area contributed by atoms with E-state index in [-0.39, 0.29) is 0 Å². The number of anilines is 1. The van der Waals surface area contributed by atoms with Gasteiger partial charge in [0, 0.05) is 47.4 Å². The Labute approximate surface area is 185 Å². The molecule has 7 heteroatoms. The summed E-state index contributed by atoms with van der Waals surface area (Å²) in [6.45, 7) is 4.52. The SMILES string of the molecule is Nc1cc(-c2cc3cc(CN4CCOCC4)ccc3[nH]2)c2[nH]c(-c3ccccc3)nc2n1. The Morgan fingerprint density at radius 2 is 1.78 bits per heavy atom. The van der Waals surface area contributed by atoms with Crippen LogP contribution in [-0.2, 0) is 11.3 Å². The minimum Gasteiger partial charge on any atom is -0.384 e. The second kappa shape index (κ2) is 7.78. The van der Waals surface area contributed by atoms with Gasteiger partial charge >= 0.3 is 0 Å². The number of fused-ring (bicyclic) bond motifs is 2. The molecule has 0 atom stereocenters. The molecule has 0 amide bonds. The molecule has 1 aliphatic heterocycles. The van der Waals surface area contributed by atoms with Crippen LogP contribution in [0.5, 0.6) is 0 Å². The van der Waals surface area contributed by atoms with Crippen molar-refractivity contribution in [3.8, 4) is 22.6 Å². The minimum absolute atomic E-state index is 0.449. The summed E-state index contributed by atoms with van der Waals surface area (Å²) >= 11 is 0. The lowest BCUT2D eigenvalue weighted by Gasteiger charge is -2.26. The highest BCUT2D eigenvalue weighted by Gasteiger charge is 2.15. The summed E-state index contributed by atoms with van der Waals surface area (Å²) in [5.41, 5.74) is 13.0. The van der Waals surface area contributed by atoms with Gasteiger partial charge in [0.1, 0.15) is 11.6 Å². The zero-order valence-electron chi connectivity index (χ0n) is 17.6. The highest BCUT2D eigenvalue weighted by atomic mass is 16.5. The first kappa shape index (κ1) is 19.0. The van der Waals surface area contributed by atoms with Gasteiger partial charge in [-0.2, -0.15) is 0 Å². The van der Waals surface area contributed by atoms with E-state index in [0.29, 0.717) is 11.5 Å². The highest BCUT2D eigenvalue weighted by molar-refractivity contribution is 5.96. The molecule has 4 heterocycles. The van der Waals surface area contributed by atoms with Gasteiger partial charge in [-0.15, -0.1) is 0 Å². The molecule has 0 spiro atoms. The second-order valence-electron chi connectivity index (χ2n) is 8.24. The fourth-order valence-electron chi connectivity index (χ4n) is 4.40. The molecule has 2 aromatic carbocycles. The summed E-state index contributed by atoms with van der Waals surface area (Å²) < 4.78 is 5.46. The van der Waals surface area contributed by atoms with E-state index in [4.69, 9.17) is 10.5 Å². The van der Waals surface area contributed by atoms with Crippen LogP contribution in [0.3, 0.4) is 0 Å². The third-order valence-corrected chi connectivity index (χ3v) is 6.01. The quantitative estimate of drug-likeness (QED) is 0.402. The maximum Gasteiger partial charge on any atom is 0.180 e. The maximum absolute atomic E-state index is 6.14. The van der Waals surface area contributed by atoms with Gasteiger partial charge in [0.05, 0.1) is 18.7 Å². The van der Waals surface area contributed by atoms with Crippen LogP contribution < -0.4 is 5.73 Å². The summed E-state index contributed by atoms with van der Waals surface area (Å²) in [6, 6.07) is 20.7. The first-order valence-corrected chi connectivity index (χ1v) is 10.9. The lowest BCUT2D eigenvalue weighted by molar-refractivity contribution is 0.0342. The van der Waals surface area contributed by atoms with Crippen molar-refractivity contribution in [1.29, 1.82) is 0 Å². The standard InChI is InChI=1S/C25H24N6O/c26-22-14-19(23-25(28-22)30-24(29-23)17-4-2-1-3-5-17)21-13-18-12-16(6-7-20(18)27-21)15-31-8-10-32-11-9-31/h1-7,12-14,27H,8-11,15H2,(H3,26,28,29,30). The van der Waals surface area contributed by atoms with Gasteiger partial charge in [0.15, 0.2) is 5.65 Å². The van der Waals surface area contributed by atoms with Crippen molar-refractivity contribution >= 4 is 27.9 Å². The van der Waals surface area contributed by atoms with Crippen molar-refractivity contribution in [2.45, 2.75) is 6.54 Å². The van der Waals surface area contributed by atoms with Crippen molar-refractivity contribution in [3.63, 3.8) is 0 Å². The van der Waals surface area contributed by atoms with Gasteiger partial charge in [-0.25, -0.2) is 9.97 Å². The number of rotatable bonds is 4. The fraction of sp³-hybridized carbons (Fsp3) is 0.200. The van der Waals surface area contributed by atoms with E-state index >= 15 is 0 Å². The predicted octanol–water partition coefficient (Wildman–Crippen LogP) is 4.19. The van der Waals surface area contributed by atoms with Crippen LogP contribution in [-0.4, -0.2) is 51.1 Å². The van der Waals surface area contributed by atoms with E-state index in [9.17, 15) is 0 Å². The number of nitrogen functional groups attached to an aromatic ring is 1. The molecule has 7 nitrogen and oxygen atoms in total. The largest absolute Gasteiger partial charge is 0.384 e. The van der Waals surface area contributed by atoms with Crippen molar-refractivity contribution in [1.82, 2.24) is 24.8 Å². The number of nitrogens with two attached hydrogens (primary N) is 1. The van der Waals surface area contributed by atoms with E-state index in [1.54, 1.807) is 0 Å². The molecule has 0 radical (unpaired) electrons. The van der Waals surface area contributed by atoms with Crippen LogP contribution >= 0.6 is 0 Å². The number of nitrogens with one attached hydrogen (secondary N) is 2. The summed E-state index contributed by atoms with van der Waals surface area (Å²) in [6.07, 6.45) is 0. The Bertz CT molecular complexity index is 1400. The van der Waals surface area contributed by atoms with Crippen LogP contribution in [0.25, 0.3) is 44.7 Å². The molecule has 3 aromatic heterocycles. The van der Waals surface area contributed by atoms with E-state index in [1.165, 1.54) is 10.9 Å². The van der Waals surface area contributed by atoms with E-state index in [0.717, 1.165) is 66.5 Å². The number of morpholine rings is 1. The molecule has 1 fully saturated rings. The molecule has 5 aromatic rings. The van der Waals surface area contributed by atoms with E-state index in [2.05, 4.69) is 49.1 Å². The van der Waals surface area contributed by atoms with Gasteiger partial charge in [-0.1, -0.05) is 36.4 Å². The second-order valence-corrected chi connectivity index (χ2v) is 8.24. The van der Waals surface area contributed by atoms with Crippen molar-refractivity contribution < 1.29 is 4.74 Å². The number of ether oxygens (including phenoxy) is 1. The number of hydrogen-bond acceptors (Lipinski definition) is 5. The number of aromatic nitrogens is 4. The number of benzene rings is 2. The Balaban J connectivity index is 1.39. The van der Waals surface area contributed by atoms with Gasteiger partial charge in [-0.3, -0.25) is 4.90 Å². The molecule has 32 heavy (non-hydrogen) atoms. The molecule has 160 valence electrons. The topological polar surface area (TPSA) is 95.8 Å². The molecule has 0 saturated carbocycles. The highest BCUT2D eigenvalue weighted by Crippen LogP contribution is 2.32. The fourth-order valence-corrected chi connectivity index (χ4v) is 4.40. The van der Waals surface area contributed by atoms with Gasteiger partial charge in [0.25, 0.3) is 0 Å². The zero-order chi connectivity index (χ0) is 21.5. The first-order valence-electron chi connectivity index (χ1n) is 10.9. The van der Waals surface area contributed by atoms with Crippen molar-refractivity contribution in [2.75, 3.05) is 32.0 Å². The van der Waals surface area contributed by atoms with Crippen LogP contribution in [0.2, 0.25) is 0 Å². The number of pyridine rings is 1. The summed E-state index contributed by atoms with van der Waals surface area (Å²) in [5.74, 6) is 1.23. The van der Waals surface area contributed by atoms with Crippen LogP contribution in [0.4, 0.5) is 5.82 Å². The van der Waals surface area contributed by atoms with Crippen LogP contribution in [0, 0.1) is 0 Å². The third-order valence-electron chi connectivity index (χ3n) is 6.01. The summed E-state index contributed by atoms with van der Waals surface area (Å²) in [5, 5.41) is 1.18. The molecule has 0 unspecified atom stereocenters. The van der Waals surface area contributed by atoms with Crippen LogP contribution in [0.1, 0.15) is 5.56 Å². The lowest BCUT2D eigenvalue weighted by Crippen LogP contribution is -2.35. The Morgan fingerprint density at radius 1 is 0.938 bits per heavy atom. The predicted molar refractivity (Wildman–Crippen MR) is 127 cm³/mol. The van der Waals surface area contributed by atoms with Gasteiger partial charge < -0.3 is 20.4 Å². The summed E-state index contributed by atoms with van der Waals surface area (Å²) in [7, 11) is 0. The Morgan fingerprint density at radius 3 is 2.62 bits per heavy atom. The van der Waals surface area contributed by atoms with E-state index in [1.807, 2.05) is 36.4 Å². The molecule has 1 aliphatic rings. The average molecular weight is 425 g/mol. The molecular formula is C25H24N6O. The number of aromatic amines is 2. The van der Waals surface area contributed by atoms with Gasteiger partial charge in [-0.05, 0) is 29.8 Å². The van der Waals surface area contributed by atoms with Crippen LogP contribution in [0.15, 0.2) is 60.7 Å². The smallest absolute Gasteiger partial charge is 0.180 e. The first-order chi connectivity index (χ1) is 15.7. The van der Waals surface area contributed by atoms with Gasteiger partial charge in [0.2, 0.25) is 0 Å². The maximum atomic E-state index is 6.14. The minimum atomic E-state index is 0.449. The monoisotopic (exact) mass is 424 g/mol. The average Bonchev–Trinajstić information content (AvgIpc) is 3.44. The number of imidazole rings is 1. The molecule has 6 rings (SSSR count). The normalized spacial score (nSPS) is 15.0. The number of nitrogens with zero attached hydrogens (tertiary/aromatic N) is 3. The van der Waals surface area contributed by atoms with Crippen molar-refractivity contribution in [3.05, 3.63) is 66.2 Å². The molecular weight excluding hydrogens is 400 g/mol. The lowest BCUT2D eigenvalue weighted by atomic mass is 10.1. The summed E-state index contributed by atoms with van der Waals surface area (Å²) in [4.78, 5) is 18.6. The molecule has 4 N–H and O–H groups in total. The Kier molecular flexibility index (Phi) is 4.63.